The van der Waals surface area contributed by atoms with Crippen LogP contribution in [0.4, 0.5) is 5.13 Å². The number of benzene rings is 2. The van der Waals surface area contributed by atoms with Gasteiger partial charge in [0, 0.05) is 24.2 Å². The Hall–Kier alpha value is -3.41. The van der Waals surface area contributed by atoms with Crippen LogP contribution in [0.5, 0.6) is 0 Å². The molecule has 0 aliphatic heterocycles. The molecule has 0 atom stereocenters. The van der Waals surface area contributed by atoms with Crippen LogP contribution in [-0.4, -0.2) is 16.1 Å². The summed E-state index contributed by atoms with van der Waals surface area (Å²) in [7, 11) is 0. The van der Waals surface area contributed by atoms with E-state index in [1.54, 1.807) is 23.9 Å². The third-order valence-electron chi connectivity index (χ3n) is 4.42. The number of anilines is 1. The van der Waals surface area contributed by atoms with Crippen molar-refractivity contribution in [3.8, 4) is 17.4 Å². The van der Waals surface area contributed by atoms with E-state index in [1.807, 2.05) is 54.6 Å². The Morgan fingerprint density at radius 2 is 1.87 bits per heavy atom. The van der Waals surface area contributed by atoms with Crippen LogP contribution in [0.1, 0.15) is 23.3 Å². The Morgan fingerprint density at radius 1 is 1.06 bits per heavy atom. The number of rotatable bonds is 8. The van der Waals surface area contributed by atoms with Crippen LogP contribution >= 0.6 is 23.1 Å². The largest absolute Gasteiger partial charge is 0.461 e. The number of thioether (sulfide) groups is 1. The molecule has 8 heteroatoms. The molecule has 154 valence electrons. The first kappa shape index (κ1) is 20.8. The van der Waals surface area contributed by atoms with Crippen molar-refractivity contribution in [1.82, 2.24) is 10.2 Å². The van der Waals surface area contributed by atoms with Gasteiger partial charge in [0.1, 0.15) is 11.5 Å². The van der Waals surface area contributed by atoms with Crippen molar-refractivity contribution in [2.45, 2.75) is 22.9 Å². The lowest BCUT2D eigenvalue weighted by Crippen LogP contribution is -2.11. The third-order valence-corrected chi connectivity index (χ3v) is 6.46. The number of aromatic nitrogens is 2. The van der Waals surface area contributed by atoms with E-state index in [9.17, 15) is 4.79 Å². The van der Waals surface area contributed by atoms with Gasteiger partial charge in [-0.3, -0.25) is 4.79 Å². The van der Waals surface area contributed by atoms with Crippen molar-refractivity contribution in [1.29, 1.82) is 5.26 Å². The number of hydrogen-bond acceptors (Lipinski definition) is 7. The van der Waals surface area contributed by atoms with Crippen molar-refractivity contribution < 1.29 is 9.21 Å². The zero-order valence-electron chi connectivity index (χ0n) is 16.4. The summed E-state index contributed by atoms with van der Waals surface area (Å²) in [5, 5.41) is 20.3. The van der Waals surface area contributed by atoms with E-state index in [0.29, 0.717) is 23.5 Å². The highest BCUT2D eigenvalue weighted by Crippen LogP contribution is 2.28. The average molecular weight is 447 g/mol. The second-order valence-electron chi connectivity index (χ2n) is 6.65. The Labute approximate surface area is 187 Å². The molecule has 6 nitrogen and oxygen atoms in total. The van der Waals surface area contributed by atoms with Gasteiger partial charge in [-0.1, -0.05) is 65.6 Å². The van der Waals surface area contributed by atoms with E-state index >= 15 is 0 Å². The lowest BCUT2D eigenvalue weighted by atomic mass is 10.2. The van der Waals surface area contributed by atoms with E-state index in [2.05, 4.69) is 21.6 Å². The lowest BCUT2D eigenvalue weighted by Gasteiger charge is -2.00. The molecule has 0 spiro atoms. The number of aryl methyl sites for hydroxylation is 1. The molecule has 4 aromatic rings. The molecule has 0 radical (unpaired) electrons. The molecule has 31 heavy (non-hydrogen) atoms. The van der Waals surface area contributed by atoms with Crippen LogP contribution in [0, 0.1) is 11.3 Å². The first-order chi connectivity index (χ1) is 15.2. The maximum Gasteiger partial charge on any atom is 0.226 e. The van der Waals surface area contributed by atoms with Crippen LogP contribution in [-0.2, 0) is 17.0 Å². The molecular weight excluding hydrogens is 428 g/mol. The smallest absolute Gasteiger partial charge is 0.226 e. The topological polar surface area (TPSA) is 91.8 Å². The van der Waals surface area contributed by atoms with Crippen molar-refractivity contribution in [2.75, 3.05) is 5.32 Å². The van der Waals surface area contributed by atoms with Gasteiger partial charge < -0.3 is 9.73 Å². The minimum atomic E-state index is -0.127. The van der Waals surface area contributed by atoms with Crippen molar-refractivity contribution in [3.05, 3.63) is 83.6 Å². The molecule has 0 aliphatic carbocycles. The van der Waals surface area contributed by atoms with Gasteiger partial charge >= 0.3 is 0 Å². The minimum Gasteiger partial charge on any atom is -0.461 e. The standard InChI is InChI=1S/C23H18N4O2S2/c24-14-16-6-8-17(9-7-16)15-30-23-27-26-22(31-23)25-21(28)13-11-19-10-12-20(29-19)18-4-2-1-3-5-18/h1-10,12H,11,13,15H2,(H,25,26,28). The first-order valence-electron chi connectivity index (χ1n) is 9.59. The van der Waals surface area contributed by atoms with Crippen molar-refractivity contribution >= 4 is 34.1 Å². The zero-order chi connectivity index (χ0) is 21.5. The molecule has 0 saturated heterocycles. The molecule has 0 bridgehead atoms. The maximum absolute atomic E-state index is 12.3. The van der Waals surface area contributed by atoms with Crippen LogP contribution < -0.4 is 5.32 Å². The molecule has 0 aliphatic rings. The van der Waals surface area contributed by atoms with E-state index in [0.717, 1.165) is 32.7 Å². The van der Waals surface area contributed by atoms with Crippen LogP contribution in [0.2, 0.25) is 0 Å². The molecule has 4 rings (SSSR count). The van der Waals surface area contributed by atoms with Crippen LogP contribution in [0.3, 0.4) is 0 Å². The summed E-state index contributed by atoms with van der Waals surface area (Å²) in [6, 6.07) is 23.2. The van der Waals surface area contributed by atoms with Gasteiger partial charge in [0.2, 0.25) is 11.0 Å². The second kappa shape index (κ2) is 10.1. The summed E-state index contributed by atoms with van der Waals surface area (Å²) in [5.74, 6) is 2.16. The van der Waals surface area contributed by atoms with Gasteiger partial charge in [0.05, 0.1) is 11.6 Å². The molecule has 0 saturated carbocycles. The fourth-order valence-corrected chi connectivity index (χ4v) is 4.55. The van der Waals surface area contributed by atoms with Crippen LogP contribution in [0.15, 0.2) is 75.5 Å². The Balaban J connectivity index is 1.24. The molecule has 2 heterocycles. The predicted octanol–water partition coefficient (Wildman–Crippen LogP) is 5.53. The number of hydrogen-bond donors (Lipinski definition) is 1. The number of carbonyl (C=O) groups is 1. The number of carbonyl (C=O) groups excluding carboxylic acids is 1. The van der Waals surface area contributed by atoms with Gasteiger partial charge in [-0.05, 0) is 29.8 Å². The summed E-state index contributed by atoms with van der Waals surface area (Å²) in [5.41, 5.74) is 2.75. The van der Waals surface area contributed by atoms with Gasteiger partial charge in [-0.2, -0.15) is 5.26 Å². The quantitative estimate of drug-likeness (QED) is 0.282. The highest BCUT2D eigenvalue weighted by molar-refractivity contribution is 8.00. The Bertz CT molecular complexity index is 1190. The summed E-state index contributed by atoms with van der Waals surface area (Å²) < 4.78 is 6.61. The number of nitrogens with zero attached hydrogens (tertiary/aromatic N) is 3. The fraction of sp³-hybridized carbons (Fsp3) is 0.130. The average Bonchev–Trinajstić information content (AvgIpc) is 3.47. The fourth-order valence-electron chi connectivity index (χ4n) is 2.83. The Morgan fingerprint density at radius 3 is 2.65 bits per heavy atom. The monoisotopic (exact) mass is 446 g/mol. The summed E-state index contributed by atoms with van der Waals surface area (Å²) >= 11 is 2.89. The SMILES string of the molecule is N#Cc1ccc(CSc2nnc(NC(=O)CCc3ccc(-c4ccccc4)o3)s2)cc1. The summed E-state index contributed by atoms with van der Waals surface area (Å²) in [6.07, 6.45) is 0.812. The molecule has 1 amide bonds. The second-order valence-corrected chi connectivity index (χ2v) is 8.85. The van der Waals surface area contributed by atoms with Crippen molar-refractivity contribution in [3.63, 3.8) is 0 Å². The highest BCUT2D eigenvalue weighted by atomic mass is 32.2. The summed E-state index contributed by atoms with van der Waals surface area (Å²) in [4.78, 5) is 12.3. The van der Waals surface area contributed by atoms with Gasteiger partial charge in [-0.25, -0.2) is 0 Å². The van der Waals surface area contributed by atoms with E-state index < -0.39 is 0 Å². The predicted molar refractivity (Wildman–Crippen MR) is 122 cm³/mol. The van der Waals surface area contributed by atoms with Gasteiger partial charge in [-0.15, -0.1) is 10.2 Å². The molecule has 1 N–H and O–H groups in total. The highest BCUT2D eigenvalue weighted by Gasteiger charge is 2.11. The number of amides is 1. The normalized spacial score (nSPS) is 10.5. The van der Waals surface area contributed by atoms with Crippen LogP contribution in [0.25, 0.3) is 11.3 Å². The molecular formula is C23H18N4O2S2. The summed E-state index contributed by atoms with van der Waals surface area (Å²) in [6.45, 7) is 0. The minimum absolute atomic E-state index is 0.127. The number of furan rings is 1. The van der Waals surface area contributed by atoms with Crippen molar-refractivity contribution in [2.24, 2.45) is 0 Å². The Kier molecular flexibility index (Phi) is 6.77. The first-order valence-corrected chi connectivity index (χ1v) is 11.4. The van der Waals surface area contributed by atoms with Gasteiger partial charge in [0.25, 0.3) is 0 Å². The molecule has 2 aromatic carbocycles. The molecule has 0 fully saturated rings. The zero-order valence-corrected chi connectivity index (χ0v) is 18.1. The van der Waals surface area contributed by atoms with E-state index in [1.165, 1.54) is 11.3 Å². The van der Waals surface area contributed by atoms with E-state index in [4.69, 9.17) is 9.68 Å². The van der Waals surface area contributed by atoms with E-state index in [-0.39, 0.29) is 5.91 Å². The lowest BCUT2D eigenvalue weighted by molar-refractivity contribution is -0.116. The van der Waals surface area contributed by atoms with Gasteiger partial charge in [0.15, 0.2) is 4.34 Å². The number of nitrogens with one attached hydrogen (secondary N) is 1. The number of nitriles is 1. The third kappa shape index (κ3) is 5.81. The maximum atomic E-state index is 12.3. The molecule has 2 aromatic heterocycles. The molecule has 0 unspecified atom stereocenters.